The van der Waals surface area contributed by atoms with Gasteiger partial charge in [0.2, 0.25) is 0 Å². The van der Waals surface area contributed by atoms with Crippen molar-refractivity contribution >= 4 is 23.5 Å². The summed E-state index contributed by atoms with van der Waals surface area (Å²) in [6.45, 7) is 2.42. The third kappa shape index (κ3) is 14.6. The minimum absolute atomic E-state index is 0.149. The zero-order valence-corrected chi connectivity index (χ0v) is 27.4. The average Bonchev–Trinajstić information content (AvgIpc) is 3.04. The van der Waals surface area contributed by atoms with E-state index >= 15 is 0 Å². The number of benzene rings is 3. The standard InChI is InChI=1S/C39H51ClO4/c1-2-3-4-5-6-7-8-9-10-11-12-13-14-18-21-38(41)44-37-28-26-34(27-29-37)33-22-24-35(25-23-33)39(42)43-31-36(40)30-32-19-16-15-17-20-32/h15-17,19-20,22-29,36H,2-14,18,21,30-31H2,1H3. The van der Waals surface area contributed by atoms with Gasteiger partial charge in [-0.1, -0.05) is 145 Å². The van der Waals surface area contributed by atoms with Crippen molar-refractivity contribution in [3.8, 4) is 16.9 Å². The molecule has 0 N–H and O–H groups in total. The smallest absolute Gasteiger partial charge is 0.338 e. The Morgan fingerprint density at radius 2 is 1.14 bits per heavy atom. The lowest BCUT2D eigenvalue weighted by atomic mass is 10.0. The number of unbranched alkanes of at least 4 members (excludes halogenated alkanes) is 13. The van der Waals surface area contributed by atoms with Gasteiger partial charge in [-0.3, -0.25) is 4.79 Å². The molecule has 0 bridgehead atoms. The van der Waals surface area contributed by atoms with Crippen molar-refractivity contribution in [1.29, 1.82) is 0 Å². The van der Waals surface area contributed by atoms with Crippen LogP contribution in [0.3, 0.4) is 0 Å². The molecule has 1 atom stereocenters. The minimum Gasteiger partial charge on any atom is -0.461 e. The van der Waals surface area contributed by atoms with Crippen LogP contribution in [0, 0.1) is 0 Å². The maximum Gasteiger partial charge on any atom is 0.338 e. The summed E-state index contributed by atoms with van der Waals surface area (Å²) in [5.74, 6) is -0.0192. The summed E-state index contributed by atoms with van der Waals surface area (Å²) < 4.78 is 11.0. The second-order valence-corrected chi connectivity index (χ2v) is 12.4. The molecule has 0 aliphatic rings. The number of rotatable bonds is 22. The Morgan fingerprint density at radius 3 is 1.68 bits per heavy atom. The number of esters is 2. The van der Waals surface area contributed by atoms with Gasteiger partial charge in [0.15, 0.2) is 0 Å². The lowest BCUT2D eigenvalue weighted by molar-refractivity contribution is -0.134. The first kappa shape index (κ1) is 35.4. The van der Waals surface area contributed by atoms with Crippen LogP contribution in [-0.4, -0.2) is 23.9 Å². The zero-order valence-electron chi connectivity index (χ0n) is 26.6. The summed E-state index contributed by atoms with van der Waals surface area (Å²) in [6.07, 6.45) is 19.2. The van der Waals surface area contributed by atoms with Crippen LogP contribution >= 0.6 is 11.6 Å². The molecule has 3 rings (SSSR count). The van der Waals surface area contributed by atoms with Crippen molar-refractivity contribution in [3.63, 3.8) is 0 Å². The molecule has 0 amide bonds. The fourth-order valence-electron chi connectivity index (χ4n) is 5.34. The van der Waals surface area contributed by atoms with E-state index in [-0.39, 0.29) is 18.0 Å². The van der Waals surface area contributed by atoms with E-state index in [9.17, 15) is 9.59 Å². The number of hydrogen-bond donors (Lipinski definition) is 0. The Hall–Kier alpha value is -3.11. The normalized spacial score (nSPS) is 11.7. The number of carbonyl (C=O) groups is 2. The van der Waals surface area contributed by atoms with Crippen molar-refractivity contribution in [2.24, 2.45) is 0 Å². The second-order valence-electron chi connectivity index (χ2n) is 11.8. The molecular formula is C39H51ClO4. The molecule has 238 valence electrons. The van der Waals surface area contributed by atoms with Crippen molar-refractivity contribution < 1.29 is 19.1 Å². The summed E-state index contributed by atoms with van der Waals surface area (Å²) in [5.41, 5.74) is 3.52. The molecule has 0 fully saturated rings. The highest BCUT2D eigenvalue weighted by atomic mass is 35.5. The van der Waals surface area contributed by atoms with E-state index in [1.165, 1.54) is 77.0 Å². The van der Waals surface area contributed by atoms with Gasteiger partial charge in [0.05, 0.1) is 10.9 Å². The van der Waals surface area contributed by atoms with Crippen LogP contribution in [-0.2, 0) is 16.0 Å². The second kappa shape index (κ2) is 21.6. The molecule has 0 saturated heterocycles. The molecule has 0 saturated carbocycles. The third-order valence-corrected chi connectivity index (χ3v) is 8.25. The van der Waals surface area contributed by atoms with Gasteiger partial charge in [0.1, 0.15) is 12.4 Å². The van der Waals surface area contributed by atoms with Gasteiger partial charge >= 0.3 is 11.9 Å². The Labute approximate surface area is 270 Å². The van der Waals surface area contributed by atoms with Crippen LogP contribution in [0.15, 0.2) is 78.9 Å². The monoisotopic (exact) mass is 618 g/mol. The summed E-state index contributed by atoms with van der Waals surface area (Å²) in [6, 6.07) is 24.7. The van der Waals surface area contributed by atoms with E-state index in [2.05, 4.69) is 6.92 Å². The molecule has 0 heterocycles. The van der Waals surface area contributed by atoms with Crippen molar-refractivity contribution in [2.45, 2.75) is 115 Å². The number of carbonyl (C=O) groups excluding carboxylic acids is 2. The maximum absolute atomic E-state index is 12.5. The Kier molecular flexibility index (Phi) is 17.3. The Balaban J connectivity index is 1.26. The zero-order chi connectivity index (χ0) is 31.2. The van der Waals surface area contributed by atoms with Crippen LogP contribution in [0.25, 0.3) is 11.1 Å². The Morgan fingerprint density at radius 1 is 0.636 bits per heavy atom. The molecule has 0 radical (unpaired) electrons. The van der Waals surface area contributed by atoms with E-state index in [0.29, 0.717) is 24.2 Å². The highest BCUT2D eigenvalue weighted by Gasteiger charge is 2.13. The lowest BCUT2D eigenvalue weighted by Gasteiger charge is -2.11. The quantitative estimate of drug-likeness (QED) is 0.0486. The molecule has 0 spiro atoms. The summed E-state index contributed by atoms with van der Waals surface area (Å²) in [7, 11) is 0. The summed E-state index contributed by atoms with van der Waals surface area (Å²) in [5, 5.41) is -0.285. The third-order valence-electron chi connectivity index (χ3n) is 7.97. The number of hydrogen-bond acceptors (Lipinski definition) is 4. The molecule has 5 heteroatoms. The van der Waals surface area contributed by atoms with E-state index in [0.717, 1.165) is 29.5 Å². The molecular weight excluding hydrogens is 568 g/mol. The molecule has 3 aromatic rings. The number of ether oxygens (including phenoxy) is 2. The van der Waals surface area contributed by atoms with Crippen LogP contribution in [0.5, 0.6) is 5.75 Å². The predicted molar refractivity (Wildman–Crippen MR) is 183 cm³/mol. The van der Waals surface area contributed by atoms with Gasteiger partial charge in [0, 0.05) is 6.42 Å². The van der Waals surface area contributed by atoms with Crippen LogP contribution in [0.4, 0.5) is 0 Å². The average molecular weight is 619 g/mol. The highest BCUT2D eigenvalue weighted by molar-refractivity contribution is 6.20. The Bertz CT molecular complexity index is 1190. The first-order chi connectivity index (χ1) is 21.5. The first-order valence-electron chi connectivity index (χ1n) is 16.8. The highest BCUT2D eigenvalue weighted by Crippen LogP contribution is 2.24. The molecule has 4 nitrogen and oxygen atoms in total. The van der Waals surface area contributed by atoms with E-state index < -0.39 is 5.97 Å². The number of halogens is 1. The SMILES string of the molecule is CCCCCCCCCCCCCCCCC(=O)Oc1ccc(-c2ccc(C(=O)OCC(Cl)Cc3ccccc3)cc2)cc1. The fourth-order valence-corrected chi connectivity index (χ4v) is 5.58. The van der Waals surface area contributed by atoms with Gasteiger partial charge < -0.3 is 9.47 Å². The molecule has 0 aromatic heterocycles. The first-order valence-corrected chi connectivity index (χ1v) is 17.2. The van der Waals surface area contributed by atoms with Gasteiger partial charge in [0.25, 0.3) is 0 Å². The van der Waals surface area contributed by atoms with Crippen molar-refractivity contribution in [1.82, 2.24) is 0 Å². The molecule has 1 unspecified atom stereocenters. The predicted octanol–water partition coefficient (Wildman–Crippen LogP) is 11.1. The van der Waals surface area contributed by atoms with Crippen LogP contribution < -0.4 is 4.74 Å². The topological polar surface area (TPSA) is 52.6 Å². The van der Waals surface area contributed by atoms with E-state index in [1.807, 2.05) is 66.7 Å². The van der Waals surface area contributed by atoms with E-state index in [4.69, 9.17) is 21.1 Å². The molecule has 0 aliphatic carbocycles. The largest absolute Gasteiger partial charge is 0.461 e. The van der Waals surface area contributed by atoms with Gasteiger partial charge in [-0.15, -0.1) is 11.6 Å². The van der Waals surface area contributed by atoms with Gasteiger partial charge in [-0.05, 0) is 53.8 Å². The van der Waals surface area contributed by atoms with Crippen molar-refractivity contribution in [3.05, 3.63) is 90.0 Å². The molecule has 3 aromatic carbocycles. The van der Waals surface area contributed by atoms with Crippen molar-refractivity contribution in [2.75, 3.05) is 6.61 Å². The molecule has 44 heavy (non-hydrogen) atoms. The van der Waals surface area contributed by atoms with Crippen LogP contribution in [0.2, 0.25) is 0 Å². The maximum atomic E-state index is 12.5. The number of alkyl halides is 1. The lowest BCUT2D eigenvalue weighted by Crippen LogP contribution is -2.16. The van der Waals surface area contributed by atoms with E-state index in [1.54, 1.807) is 12.1 Å². The fraction of sp³-hybridized carbons (Fsp3) is 0.487. The molecule has 0 aliphatic heterocycles. The van der Waals surface area contributed by atoms with Gasteiger partial charge in [-0.25, -0.2) is 4.79 Å². The van der Waals surface area contributed by atoms with Gasteiger partial charge in [-0.2, -0.15) is 0 Å². The van der Waals surface area contributed by atoms with Crippen LogP contribution in [0.1, 0.15) is 119 Å². The minimum atomic E-state index is -0.392. The summed E-state index contributed by atoms with van der Waals surface area (Å²) >= 11 is 6.36. The summed E-state index contributed by atoms with van der Waals surface area (Å²) in [4.78, 5) is 24.8.